The van der Waals surface area contributed by atoms with Gasteiger partial charge >= 0.3 is 12.0 Å². The molecular formula is C12H12ClFN2O4. The molecule has 1 heterocycles. The number of nitrogens with one attached hydrogen (secondary N) is 1. The van der Waals surface area contributed by atoms with Crippen LogP contribution in [0, 0.1) is 5.82 Å². The molecule has 1 aromatic rings. The van der Waals surface area contributed by atoms with Gasteiger partial charge in [-0.15, -0.1) is 0 Å². The first-order valence-electron chi connectivity index (χ1n) is 5.82. The number of hydrogen-bond donors (Lipinski definition) is 3. The third-order valence-electron chi connectivity index (χ3n) is 3.02. The summed E-state index contributed by atoms with van der Waals surface area (Å²) in [6.07, 6.45) is -0.966. The quantitative estimate of drug-likeness (QED) is 0.773. The van der Waals surface area contributed by atoms with Crippen LogP contribution in [0.4, 0.5) is 14.9 Å². The fraction of sp³-hybridized carbons (Fsp3) is 0.333. The molecular weight excluding hydrogens is 291 g/mol. The Bertz CT molecular complexity index is 554. The number of likely N-dealkylation sites (tertiary alicyclic amines) is 1. The molecule has 8 heteroatoms. The number of amides is 2. The molecule has 2 rings (SSSR count). The zero-order valence-electron chi connectivity index (χ0n) is 10.2. The van der Waals surface area contributed by atoms with Crippen molar-refractivity contribution in [2.75, 3.05) is 11.9 Å². The molecule has 1 aliphatic rings. The second-order valence-corrected chi connectivity index (χ2v) is 4.83. The molecule has 1 aliphatic heterocycles. The first-order chi connectivity index (χ1) is 9.40. The number of halogens is 2. The Balaban J connectivity index is 2.15. The van der Waals surface area contributed by atoms with Gasteiger partial charge in [0.15, 0.2) is 5.82 Å². The second-order valence-electron chi connectivity index (χ2n) is 4.43. The van der Waals surface area contributed by atoms with Gasteiger partial charge in [0.05, 0.1) is 16.8 Å². The fourth-order valence-corrected chi connectivity index (χ4v) is 2.23. The average Bonchev–Trinajstić information content (AvgIpc) is 2.77. The van der Waals surface area contributed by atoms with Crippen molar-refractivity contribution < 1.29 is 24.2 Å². The summed E-state index contributed by atoms with van der Waals surface area (Å²) in [6.45, 7) is -0.120. The monoisotopic (exact) mass is 302 g/mol. The number of carboxylic acids is 1. The van der Waals surface area contributed by atoms with Gasteiger partial charge in [-0.25, -0.2) is 14.0 Å². The van der Waals surface area contributed by atoms with Crippen LogP contribution in [0.25, 0.3) is 0 Å². The summed E-state index contributed by atoms with van der Waals surface area (Å²) >= 11 is 5.59. The van der Waals surface area contributed by atoms with E-state index in [-0.39, 0.29) is 23.7 Å². The molecule has 2 amide bonds. The molecule has 0 aromatic heterocycles. The molecule has 0 radical (unpaired) electrons. The van der Waals surface area contributed by atoms with E-state index in [0.29, 0.717) is 0 Å². The van der Waals surface area contributed by atoms with Crippen LogP contribution >= 0.6 is 11.6 Å². The minimum Gasteiger partial charge on any atom is -0.480 e. The molecule has 2 atom stereocenters. The van der Waals surface area contributed by atoms with Crippen molar-refractivity contribution in [1.29, 1.82) is 0 Å². The van der Waals surface area contributed by atoms with Gasteiger partial charge in [-0.05, 0) is 12.1 Å². The first kappa shape index (κ1) is 14.5. The number of urea groups is 1. The third kappa shape index (κ3) is 2.83. The molecule has 1 fully saturated rings. The molecule has 1 saturated heterocycles. The van der Waals surface area contributed by atoms with Crippen LogP contribution < -0.4 is 5.32 Å². The maximum absolute atomic E-state index is 13.7. The van der Waals surface area contributed by atoms with E-state index in [1.165, 1.54) is 18.2 Å². The first-order valence-corrected chi connectivity index (χ1v) is 6.20. The number of carbonyl (C=O) groups excluding carboxylic acids is 1. The van der Waals surface area contributed by atoms with E-state index in [1.807, 2.05) is 0 Å². The molecule has 3 N–H and O–H groups in total. The van der Waals surface area contributed by atoms with Crippen LogP contribution in [-0.2, 0) is 4.79 Å². The van der Waals surface area contributed by atoms with Crippen LogP contribution in [-0.4, -0.2) is 45.8 Å². The number of anilines is 1. The normalized spacial score (nSPS) is 21.9. The van der Waals surface area contributed by atoms with E-state index in [2.05, 4.69) is 5.32 Å². The lowest BCUT2D eigenvalue weighted by molar-refractivity contribution is -0.141. The highest BCUT2D eigenvalue weighted by Gasteiger charge is 2.39. The molecule has 0 spiro atoms. The summed E-state index contributed by atoms with van der Waals surface area (Å²) < 4.78 is 13.7. The van der Waals surface area contributed by atoms with Gasteiger partial charge in [-0.3, -0.25) is 0 Å². The summed E-state index contributed by atoms with van der Waals surface area (Å²) in [5, 5.41) is 20.5. The summed E-state index contributed by atoms with van der Waals surface area (Å²) in [4.78, 5) is 23.9. The van der Waals surface area contributed by atoms with E-state index in [9.17, 15) is 19.1 Å². The van der Waals surface area contributed by atoms with Gasteiger partial charge < -0.3 is 20.4 Å². The lowest BCUT2D eigenvalue weighted by Crippen LogP contribution is -2.43. The Morgan fingerprint density at radius 1 is 1.45 bits per heavy atom. The van der Waals surface area contributed by atoms with Gasteiger partial charge in [0, 0.05) is 13.0 Å². The molecule has 0 aliphatic carbocycles. The Morgan fingerprint density at radius 2 is 2.15 bits per heavy atom. The summed E-state index contributed by atoms with van der Waals surface area (Å²) in [5.41, 5.74) is -0.145. The van der Waals surface area contributed by atoms with Crippen LogP contribution in [0.3, 0.4) is 0 Å². The van der Waals surface area contributed by atoms with Crippen molar-refractivity contribution in [1.82, 2.24) is 4.90 Å². The van der Waals surface area contributed by atoms with Gasteiger partial charge in [-0.2, -0.15) is 0 Å². The molecule has 0 bridgehead atoms. The highest BCUT2D eigenvalue weighted by atomic mass is 35.5. The van der Waals surface area contributed by atoms with E-state index in [1.54, 1.807) is 0 Å². The number of benzene rings is 1. The van der Waals surface area contributed by atoms with Crippen LogP contribution in [0.5, 0.6) is 0 Å². The molecule has 0 unspecified atom stereocenters. The highest BCUT2D eigenvalue weighted by Crippen LogP contribution is 2.24. The molecule has 108 valence electrons. The van der Waals surface area contributed by atoms with Gasteiger partial charge in [-0.1, -0.05) is 17.7 Å². The minimum atomic E-state index is -1.22. The van der Waals surface area contributed by atoms with Crippen LogP contribution in [0.2, 0.25) is 5.02 Å². The molecule has 6 nitrogen and oxygen atoms in total. The number of rotatable bonds is 2. The highest BCUT2D eigenvalue weighted by molar-refractivity contribution is 6.31. The number of carboxylic acid groups (broad SMARTS) is 1. The minimum absolute atomic E-state index is 0.0548. The maximum Gasteiger partial charge on any atom is 0.326 e. The predicted molar refractivity (Wildman–Crippen MR) is 69.2 cm³/mol. The topological polar surface area (TPSA) is 89.9 Å². The van der Waals surface area contributed by atoms with Crippen molar-refractivity contribution in [2.45, 2.75) is 18.6 Å². The Morgan fingerprint density at radius 3 is 2.80 bits per heavy atom. The number of hydrogen-bond acceptors (Lipinski definition) is 3. The van der Waals surface area contributed by atoms with Crippen molar-refractivity contribution in [2.24, 2.45) is 0 Å². The standard InChI is InChI=1S/C12H12ClFN2O4/c13-7-2-1-3-8(10(7)14)15-12(20)16-5-6(17)4-9(16)11(18)19/h1-3,6,9,17H,4-5H2,(H,15,20)(H,18,19)/t6-,9-/m1/s1. The summed E-state index contributed by atoms with van der Waals surface area (Å²) in [5.74, 6) is -2.02. The van der Waals surface area contributed by atoms with E-state index in [4.69, 9.17) is 16.7 Å². The fourth-order valence-electron chi connectivity index (χ4n) is 2.06. The van der Waals surface area contributed by atoms with Crippen LogP contribution in [0.15, 0.2) is 18.2 Å². The molecule has 0 saturated carbocycles. The van der Waals surface area contributed by atoms with Gasteiger partial charge in [0.2, 0.25) is 0 Å². The Hall–Kier alpha value is -1.86. The summed E-state index contributed by atoms with van der Waals surface area (Å²) in [6, 6.07) is 2.16. The maximum atomic E-state index is 13.7. The number of β-amino-alcohol motifs (C(OH)–C–C–N with tert-alkyl or cyclic N) is 1. The smallest absolute Gasteiger partial charge is 0.326 e. The van der Waals surface area contributed by atoms with Crippen molar-refractivity contribution in [3.8, 4) is 0 Å². The number of carbonyl (C=O) groups is 2. The molecule has 20 heavy (non-hydrogen) atoms. The Labute approximate surface area is 118 Å². The SMILES string of the molecule is O=C(O)[C@H]1C[C@@H](O)CN1C(=O)Nc1cccc(Cl)c1F. The number of nitrogens with zero attached hydrogens (tertiary/aromatic N) is 1. The largest absolute Gasteiger partial charge is 0.480 e. The number of aliphatic carboxylic acids is 1. The van der Waals surface area contributed by atoms with Crippen molar-refractivity contribution in [3.05, 3.63) is 29.0 Å². The number of aliphatic hydroxyl groups is 1. The molecule has 1 aromatic carbocycles. The van der Waals surface area contributed by atoms with Crippen molar-refractivity contribution >= 4 is 29.3 Å². The lowest BCUT2D eigenvalue weighted by Gasteiger charge is -2.21. The van der Waals surface area contributed by atoms with Gasteiger partial charge in [0.25, 0.3) is 0 Å². The van der Waals surface area contributed by atoms with Crippen molar-refractivity contribution in [3.63, 3.8) is 0 Å². The summed E-state index contributed by atoms with van der Waals surface area (Å²) in [7, 11) is 0. The van der Waals surface area contributed by atoms with E-state index >= 15 is 0 Å². The third-order valence-corrected chi connectivity index (χ3v) is 3.31. The zero-order chi connectivity index (χ0) is 14.9. The average molecular weight is 303 g/mol. The van der Waals surface area contributed by atoms with Gasteiger partial charge in [0.1, 0.15) is 6.04 Å². The predicted octanol–water partition coefficient (Wildman–Crippen LogP) is 1.53. The Kier molecular flexibility index (Phi) is 4.10. The lowest BCUT2D eigenvalue weighted by atomic mass is 10.2. The van der Waals surface area contributed by atoms with E-state index < -0.39 is 30.0 Å². The van der Waals surface area contributed by atoms with Crippen LogP contribution in [0.1, 0.15) is 6.42 Å². The number of aliphatic hydroxyl groups excluding tert-OH is 1. The second kappa shape index (κ2) is 5.64. The van der Waals surface area contributed by atoms with E-state index in [0.717, 1.165) is 4.90 Å². The zero-order valence-corrected chi connectivity index (χ0v) is 11.0.